The highest BCUT2D eigenvalue weighted by atomic mass is 79.9. The lowest BCUT2D eigenvalue weighted by Crippen LogP contribution is -2.24. The zero-order chi connectivity index (χ0) is 15.4. The van der Waals surface area contributed by atoms with E-state index in [9.17, 15) is 14.9 Å². The van der Waals surface area contributed by atoms with E-state index in [-0.39, 0.29) is 23.6 Å². The molecule has 0 fully saturated rings. The van der Waals surface area contributed by atoms with Gasteiger partial charge in [0.05, 0.1) is 10.5 Å². The van der Waals surface area contributed by atoms with Crippen LogP contribution in [0.4, 0.5) is 11.5 Å². The Kier molecular flexibility index (Phi) is 4.49. The van der Waals surface area contributed by atoms with Crippen LogP contribution in [0, 0.1) is 10.1 Å². The first-order valence-electron chi connectivity index (χ1n) is 5.90. The molecule has 8 heteroatoms. The maximum absolute atomic E-state index is 12.0. The summed E-state index contributed by atoms with van der Waals surface area (Å²) < 4.78 is 0.894. The molecule has 3 N–H and O–H groups in total. The highest BCUT2D eigenvalue weighted by Crippen LogP contribution is 2.17. The molecule has 1 aromatic carbocycles. The van der Waals surface area contributed by atoms with Crippen molar-refractivity contribution < 1.29 is 9.72 Å². The van der Waals surface area contributed by atoms with Gasteiger partial charge in [-0.05, 0) is 17.7 Å². The van der Waals surface area contributed by atoms with Gasteiger partial charge >= 0.3 is 0 Å². The summed E-state index contributed by atoms with van der Waals surface area (Å²) in [5, 5.41) is 13.3. The van der Waals surface area contributed by atoms with Crippen molar-refractivity contribution >= 4 is 33.3 Å². The Balaban J connectivity index is 2.13. The molecule has 0 radical (unpaired) electrons. The van der Waals surface area contributed by atoms with Crippen molar-refractivity contribution in [3.05, 3.63) is 62.2 Å². The third-order valence-corrected chi connectivity index (χ3v) is 3.19. The Morgan fingerprint density at radius 1 is 1.43 bits per heavy atom. The van der Waals surface area contributed by atoms with Gasteiger partial charge in [-0.15, -0.1) is 0 Å². The summed E-state index contributed by atoms with van der Waals surface area (Å²) in [4.78, 5) is 25.8. The number of anilines is 1. The number of nitrogens with one attached hydrogen (secondary N) is 1. The summed E-state index contributed by atoms with van der Waals surface area (Å²) in [7, 11) is 0. The van der Waals surface area contributed by atoms with Crippen LogP contribution in [0.1, 0.15) is 15.9 Å². The summed E-state index contributed by atoms with van der Waals surface area (Å²) in [5.74, 6) is -0.559. The fourth-order valence-electron chi connectivity index (χ4n) is 1.67. The first kappa shape index (κ1) is 14.9. The molecule has 0 saturated carbocycles. The maximum Gasteiger partial charge on any atom is 0.288 e. The number of nitrogen functional groups attached to an aromatic ring is 1. The number of nitrogens with zero attached hydrogens (tertiary/aromatic N) is 2. The molecule has 0 spiro atoms. The van der Waals surface area contributed by atoms with E-state index >= 15 is 0 Å². The van der Waals surface area contributed by atoms with Gasteiger partial charge < -0.3 is 11.1 Å². The lowest BCUT2D eigenvalue weighted by molar-refractivity contribution is -0.385. The topological polar surface area (TPSA) is 111 Å². The average Bonchev–Trinajstić information content (AvgIpc) is 2.45. The van der Waals surface area contributed by atoms with Crippen LogP contribution in [-0.2, 0) is 6.54 Å². The Hall–Kier alpha value is -2.48. The van der Waals surface area contributed by atoms with E-state index in [2.05, 4.69) is 26.2 Å². The molecule has 2 aromatic rings. The van der Waals surface area contributed by atoms with Gasteiger partial charge in [0.2, 0.25) is 0 Å². The number of rotatable bonds is 4. The Morgan fingerprint density at radius 3 is 2.86 bits per heavy atom. The van der Waals surface area contributed by atoms with E-state index in [1.165, 1.54) is 0 Å². The molecule has 108 valence electrons. The van der Waals surface area contributed by atoms with Crippen LogP contribution in [0.3, 0.4) is 0 Å². The quantitative estimate of drug-likeness (QED) is 0.648. The van der Waals surface area contributed by atoms with Crippen LogP contribution in [0.5, 0.6) is 0 Å². The van der Waals surface area contributed by atoms with Crippen LogP contribution in [0.15, 0.2) is 41.0 Å². The van der Waals surface area contributed by atoms with Crippen molar-refractivity contribution in [3.63, 3.8) is 0 Å². The lowest BCUT2D eigenvalue weighted by atomic mass is 10.2. The van der Waals surface area contributed by atoms with Gasteiger partial charge in [0.1, 0.15) is 12.0 Å². The number of benzene rings is 1. The normalized spacial score (nSPS) is 10.1. The second-order valence-electron chi connectivity index (χ2n) is 4.20. The fraction of sp³-hybridized carbons (Fsp3) is 0.0769. The van der Waals surface area contributed by atoms with Gasteiger partial charge in [-0.3, -0.25) is 14.9 Å². The summed E-state index contributed by atoms with van der Waals surface area (Å²) in [6, 6.07) is 8.52. The molecule has 0 aliphatic carbocycles. The molecular formula is C13H11BrN4O3. The number of pyridine rings is 1. The molecule has 0 atom stereocenters. The van der Waals surface area contributed by atoms with E-state index in [0.717, 1.165) is 22.3 Å². The summed E-state index contributed by atoms with van der Waals surface area (Å²) in [6.45, 7) is 0.278. The maximum atomic E-state index is 12.0. The minimum Gasteiger partial charge on any atom is -0.383 e. The molecule has 0 aliphatic heterocycles. The predicted octanol–water partition coefficient (Wildman–Crippen LogP) is 2.26. The van der Waals surface area contributed by atoms with E-state index in [1.54, 1.807) is 0 Å². The van der Waals surface area contributed by atoms with Gasteiger partial charge in [0.25, 0.3) is 11.6 Å². The van der Waals surface area contributed by atoms with Crippen molar-refractivity contribution in [3.8, 4) is 0 Å². The van der Waals surface area contributed by atoms with Crippen LogP contribution in [0.25, 0.3) is 0 Å². The first-order valence-corrected chi connectivity index (χ1v) is 6.69. The Morgan fingerprint density at radius 2 is 2.19 bits per heavy atom. The zero-order valence-corrected chi connectivity index (χ0v) is 12.3. The average molecular weight is 351 g/mol. The number of amides is 1. The van der Waals surface area contributed by atoms with E-state index in [0.29, 0.717) is 0 Å². The van der Waals surface area contributed by atoms with Crippen LogP contribution in [-0.4, -0.2) is 15.8 Å². The molecular weight excluding hydrogens is 340 g/mol. The number of aromatic nitrogens is 1. The van der Waals surface area contributed by atoms with Gasteiger partial charge in [-0.1, -0.05) is 28.1 Å². The molecule has 0 aliphatic rings. The second-order valence-corrected chi connectivity index (χ2v) is 5.11. The molecule has 2 rings (SSSR count). The second kappa shape index (κ2) is 6.31. The number of nitrogens with two attached hydrogens (primary N) is 1. The SMILES string of the molecule is Nc1ncc([N+](=O)[O-])cc1C(=O)NCc1cccc(Br)c1. The molecule has 7 nitrogen and oxygen atoms in total. The van der Waals surface area contributed by atoms with Gasteiger partial charge in [0, 0.05) is 17.1 Å². The van der Waals surface area contributed by atoms with Crippen molar-refractivity contribution in [2.75, 3.05) is 5.73 Å². The van der Waals surface area contributed by atoms with Gasteiger partial charge in [0.15, 0.2) is 0 Å². The minimum absolute atomic E-state index is 0.0146. The van der Waals surface area contributed by atoms with Gasteiger partial charge in [-0.25, -0.2) is 4.98 Å². The predicted molar refractivity (Wildman–Crippen MR) is 80.6 cm³/mol. The standard InChI is InChI=1S/C13H11BrN4O3/c14-9-3-1-2-8(4-9)6-17-13(19)11-5-10(18(20)21)7-16-12(11)15/h1-5,7H,6H2,(H2,15,16)(H,17,19). The highest BCUT2D eigenvalue weighted by molar-refractivity contribution is 9.10. The fourth-order valence-corrected chi connectivity index (χ4v) is 2.12. The van der Waals surface area contributed by atoms with E-state index in [1.807, 2.05) is 24.3 Å². The highest BCUT2D eigenvalue weighted by Gasteiger charge is 2.16. The number of carbonyl (C=O) groups excluding carboxylic acids is 1. The summed E-state index contributed by atoms with van der Waals surface area (Å²) in [6.07, 6.45) is 1.01. The number of hydrogen-bond acceptors (Lipinski definition) is 5. The molecule has 1 heterocycles. The number of nitro groups is 1. The number of carbonyl (C=O) groups is 1. The van der Waals surface area contributed by atoms with Crippen LogP contribution >= 0.6 is 15.9 Å². The van der Waals surface area contributed by atoms with Gasteiger partial charge in [-0.2, -0.15) is 0 Å². The third kappa shape index (κ3) is 3.76. The largest absolute Gasteiger partial charge is 0.383 e. The summed E-state index contributed by atoms with van der Waals surface area (Å²) >= 11 is 3.33. The molecule has 21 heavy (non-hydrogen) atoms. The number of hydrogen-bond donors (Lipinski definition) is 2. The van der Waals surface area contributed by atoms with E-state index < -0.39 is 10.8 Å². The number of halogens is 1. The van der Waals surface area contributed by atoms with E-state index in [4.69, 9.17) is 5.73 Å². The molecule has 1 aromatic heterocycles. The van der Waals surface area contributed by atoms with Crippen LogP contribution in [0.2, 0.25) is 0 Å². The van der Waals surface area contributed by atoms with Crippen molar-refractivity contribution in [1.82, 2.24) is 10.3 Å². The molecule has 0 bridgehead atoms. The lowest BCUT2D eigenvalue weighted by Gasteiger charge is -2.07. The van der Waals surface area contributed by atoms with Crippen molar-refractivity contribution in [1.29, 1.82) is 0 Å². The Bertz CT molecular complexity index is 706. The van der Waals surface area contributed by atoms with Crippen LogP contribution < -0.4 is 11.1 Å². The smallest absolute Gasteiger partial charge is 0.288 e. The minimum atomic E-state index is -0.627. The van der Waals surface area contributed by atoms with Crippen molar-refractivity contribution in [2.24, 2.45) is 0 Å². The van der Waals surface area contributed by atoms with Crippen molar-refractivity contribution in [2.45, 2.75) is 6.54 Å². The molecule has 0 saturated heterocycles. The Labute approximate surface area is 128 Å². The third-order valence-electron chi connectivity index (χ3n) is 2.70. The summed E-state index contributed by atoms with van der Waals surface area (Å²) in [5.41, 5.74) is 6.17. The monoisotopic (exact) mass is 350 g/mol. The zero-order valence-electron chi connectivity index (χ0n) is 10.7. The molecule has 0 unspecified atom stereocenters. The molecule has 1 amide bonds. The first-order chi connectivity index (χ1) is 9.97.